The van der Waals surface area contributed by atoms with Crippen LogP contribution in [0.2, 0.25) is 0 Å². The van der Waals surface area contributed by atoms with E-state index in [1.54, 1.807) is 18.5 Å². The Morgan fingerprint density at radius 2 is 2.11 bits per heavy atom. The van der Waals surface area contributed by atoms with E-state index in [4.69, 9.17) is 11.6 Å². The van der Waals surface area contributed by atoms with Crippen molar-refractivity contribution in [2.75, 3.05) is 12.4 Å². The van der Waals surface area contributed by atoms with Crippen molar-refractivity contribution < 1.29 is 4.79 Å². The van der Waals surface area contributed by atoms with E-state index < -0.39 is 0 Å². The van der Waals surface area contributed by atoms with Gasteiger partial charge in [0, 0.05) is 29.3 Å². The van der Waals surface area contributed by atoms with E-state index >= 15 is 0 Å². The summed E-state index contributed by atoms with van der Waals surface area (Å²) in [5, 5.41) is 3.00. The highest BCUT2D eigenvalue weighted by Crippen LogP contribution is 2.30. The Balaban J connectivity index is 1.89. The molecule has 2 unspecified atom stereocenters. The van der Waals surface area contributed by atoms with Crippen LogP contribution in [0.3, 0.4) is 0 Å². The average molecular weight is 346 g/mol. The Hall–Kier alpha value is -0.610. The third-order valence-corrected chi connectivity index (χ3v) is 4.59. The summed E-state index contributed by atoms with van der Waals surface area (Å²) in [5.74, 6) is 1.68. The molecule has 3 nitrogen and oxygen atoms in total. The molecule has 1 amide bonds. The number of hydrogen-bond acceptors (Lipinski definition) is 2. The maximum atomic E-state index is 12.0. The van der Waals surface area contributed by atoms with Crippen molar-refractivity contribution >= 4 is 33.4 Å². The van der Waals surface area contributed by atoms with Gasteiger partial charge < -0.3 is 5.32 Å². The number of carbonyl (C=O) groups excluding carboxylic acids is 1. The van der Waals surface area contributed by atoms with Gasteiger partial charge in [-0.2, -0.15) is 0 Å². The van der Waals surface area contributed by atoms with Crippen molar-refractivity contribution in [2.24, 2.45) is 11.8 Å². The van der Waals surface area contributed by atoms with E-state index in [1.165, 1.54) is 19.3 Å². The molecule has 104 valence electrons. The number of nitrogens with zero attached hydrogens (tertiary/aromatic N) is 1. The van der Waals surface area contributed by atoms with Crippen molar-refractivity contribution in [1.82, 2.24) is 10.3 Å². The zero-order valence-corrected chi connectivity index (χ0v) is 13.1. The highest BCUT2D eigenvalue weighted by molar-refractivity contribution is 9.10. The highest BCUT2D eigenvalue weighted by Gasteiger charge is 2.24. The summed E-state index contributed by atoms with van der Waals surface area (Å²) in [6.07, 6.45) is 8.10. The number of nitrogens with one attached hydrogen (secondary N) is 1. The second kappa shape index (κ2) is 7.25. The summed E-state index contributed by atoms with van der Waals surface area (Å²) >= 11 is 9.32. The normalized spacial score (nSPS) is 23.1. The van der Waals surface area contributed by atoms with Crippen molar-refractivity contribution in [2.45, 2.75) is 25.7 Å². The number of aromatic nitrogens is 1. The second-order valence-corrected chi connectivity index (χ2v) is 6.29. The minimum Gasteiger partial charge on any atom is -0.352 e. The molecule has 0 aliphatic heterocycles. The monoisotopic (exact) mass is 344 g/mol. The maximum absolute atomic E-state index is 12.0. The molecule has 2 atom stereocenters. The summed E-state index contributed by atoms with van der Waals surface area (Å²) in [4.78, 5) is 16.0. The van der Waals surface area contributed by atoms with Gasteiger partial charge in [-0.25, -0.2) is 0 Å². The molecule has 19 heavy (non-hydrogen) atoms. The van der Waals surface area contributed by atoms with E-state index in [2.05, 4.69) is 26.2 Å². The first-order chi connectivity index (χ1) is 9.20. The number of halogens is 2. The lowest BCUT2D eigenvalue weighted by molar-refractivity contribution is 0.0936. The van der Waals surface area contributed by atoms with Crippen molar-refractivity contribution in [3.8, 4) is 0 Å². The van der Waals surface area contributed by atoms with E-state index in [-0.39, 0.29) is 5.91 Å². The Morgan fingerprint density at radius 3 is 2.79 bits per heavy atom. The molecule has 1 heterocycles. The van der Waals surface area contributed by atoms with Crippen LogP contribution in [0.4, 0.5) is 0 Å². The Bertz CT molecular complexity index is 441. The number of hydrogen-bond donors (Lipinski definition) is 1. The zero-order valence-electron chi connectivity index (χ0n) is 10.7. The quantitative estimate of drug-likeness (QED) is 0.847. The van der Waals surface area contributed by atoms with E-state index in [9.17, 15) is 4.79 Å². The minimum atomic E-state index is -0.0623. The van der Waals surface area contributed by atoms with Crippen LogP contribution >= 0.6 is 27.5 Å². The number of amides is 1. The number of pyridine rings is 1. The van der Waals surface area contributed by atoms with Crippen molar-refractivity contribution in [3.05, 3.63) is 28.5 Å². The molecule has 1 aromatic heterocycles. The molecule has 0 aromatic carbocycles. The van der Waals surface area contributed by atoms with Gasteiger partial charge in [-0.15, -0.1) is 11.6 Å². The van der Waals surface area contributed by atoms with Crippen LogP contribution in [0.1, 0.15) is 36.0 Å². The van der Waals surface area contributed by atoms with Gasteiger partial charge >= 0.3 is 0 Å². The molecule has 0 spiro atoms. The molecule has 1 aliphatic rings. The topological polar surface area (TPSA) is 42.0 Å². The molecule has 1 fully saturated rings. The number of carbonyl (C=O) groups is 1. The Kier molecular flexibility index (Phi) is 5.64. The third-order valence-electron chi connectivity index (χ3n) is 3.76. The van der Waals surface area contributed by atoms with E-state index in [1.807, 2.05) is 0 Å². The van der Waals surface area contributed by atoms with Crippen LogP contribution in [-0.2, 0) is 0 Å². The summed E-state index contributed by atoms with van der Waals surface area (Å²) < 4.78 is 0.816. The fourth-order valence-corrected chi connectivity index (χ4v) is 3.39. The first-order valence-corrected chi connectivity index (χ1v) is 7.98. The summed E-state index contributed by atoms with van der Waals surface area (Å²) in [6.45, 7) is 0.711. The zero-order chi connectivity index (χ0) is 13.7. The maximum Gasteiger partial charge on any atom is 0.252 e. The molecule has 1 aliphatic carbocycles. The van der Waals surface area contributed by atoms with E-state index in [0.717, 1.165) is 10.9 Å². The predicted octanol–water partition coefficient (Wildman–Crippen LogP) is 3.62. The first kappa shape index (κ1) is 14.8. The van der Waals surface area contributed by atoms with Gasteiger partial charge in [0.1, 0.15) is 0 Å². The molecule has 5 heteroatoms. The average Bonchev–Trinajstić information content (AvgIpc) is 2.45. The standard InChI is InChI=1S/C14H18BrClN2O/c15-13-5-12(7-17-9-13)14(19)18-8-11-4-2-1-3-10(11)6-16/h5,7,9-11H,1-4,6,8H2,(H,18,19). The molecular formula is C14H18BrClN2O. The van der Waals surface area contributed by atoms with E-state index in [0.29, 0.717) is 29.8 Å². The summed E-state index contributed by atoms with van der Waals surface area (Å²) in [5.41, 5.74) is 0.590. The molecule has 0 saturated heterocycles. The van der Waals surface area contributed by atoms with Gasteiger partial charge in [0.25, 0.3) is 5.91 Å². The van der Waals surface area contributed by atoms with Crippen LogP contribution in [0.25, 0.3) is 0 Å². The number of alkyl halides is 1. The second-order valence-electron chi connectivity index (χ2n) is 5.06. The van der Waals surface area contributed by atoms with Crippen LogP contribution in [0.15, 0.2) is 22.9 Å². The predicted molar refractivity (Wildman–Crippen MR) is 80.4 cm³/mol. The molecule has 0 radical (unpaired) electrons. The fourth-order valence-electron chi connectivity index (χ4n) is 2.62. The Morgan fingerprint density at radius 1 is 1.37 bits per heavy atom. The van der Waals surface area contributed by atoms with Gasteiger partial charge in [-0.1, -0.05) is 12.8 Å². The highest BCUT2D eigenvalue weighted by atomic mass is 79.9. The molecule has 1 saturated carbocycles. The lowest BCUT2D eigenvalue weighted by Crippen LogP contribution is -2.34. The van der Waals surface area contributed by atoms with Crippen LogP contribution in [0, 0.1) is 11.8 Å². The van der Waals surface area contributed by atoms with Crippen molar-refractivity contribution in [1.29, 1.82) is 0 Å². The van der Waals surface area contributed by atoms with Gasteiger partial charge in [0.05, 0.1) is 5.56 Å². The summed E-state index contributed by atoms with van der Waals surface area (Å²) in [6, 6.07) is 1.78. The van der Waals surface area contributed by atoms with Gasteiger partial charge in [0.15, 0.2) is 0 Å². The van der Waals surface area contributed by atoms with Crippen LogP contribution < -0.4 is 5.32 Å². The van der Waals surface area contributed by atoms with Crippen molar-refractivity contribution in [3.63, 3.8) is 0 Å². The largest absolute Gasteiger partial charge is 0.352 e. The first-order valence-electron chi connectivity index (χ1n) is 6.65. The molecule has 1 N–H and O–H groups in total. The fraction of sp³-hybridized carbons (Fsp3) is 0.571. The Labute approximate surface area is 127 Å². The summed E-state index contributed by atoms with van der Waals surface area (Å²) in [7, 11) is 0. The van der Waals surface area contributed by atoms with Gasteiger partial charge in [0.2, 0.25) is 0 Å². The molecule has 0 bridgehead atoms. The molecular weight excluding hydrogens is 328 g/mol. The lowest BCUT2D eigenvalue weighted by atomic mass is 9.80. The SMILES string of the molecule is O=C(NCC1CCCCC1CCl)c1cncc(Br)c1. The van der Waals surface area contributed by atoms with Gasteiger partial charge in [-0.3, -0.25) is 9.78 Å². The third kappa shape index (κ3) is 4.18. The number of rotatable bonds is 4. The lowest BCUT2D eigenvalue weighted by Gasteiger charge is -2.30. The smallest absolute Gasteiger partial charge is 0.252 e. The van der Waals surface area contributed by atoms with Gasteiger partial charge in [-0.05, 0) is 46.7 Å². The molecule has 1 aromatic rings. The molecule has 2 rings (SSSR count). The van der Waals surface area contributed by atoms with Crippen LogP contribution in [0.5, 0.6) is 0 Å². The van der Waals surface area contributed by atoms with Crippen LogP contribution in [-0.4, -0.2) is 23.3 Å². The minimum absolute atomic E-state index is 0.0623.